The van der Waals surface area contributed by atoms with Gasteiger partial charge in [-0.1, -0.05) is 6.07 Å². The predicted octanol–water partition coefficient (Wildman–Crippen LogP) is 0.977. The van der Waals surface area contributed by atoms with Crippen molar-refractivity contribution < 1.29 is 18.3 Å². The predicted molar refractivity (Wildman–Crippen MR) is 59.3 cm³/mol. The highest BCUT2D eigenvalue weighted by Gasteiger charge is 2.07. The first-order valence-corrected chi connectivity index (χ1v) is 5.89. The normalized spacial score (nSPS) is 11.1. The molecule has 0 spiro atoms. The number of carboxylic acid groups (broad SMARTS) is 1. The molecule has 5 nitrogen and oxygen atoms in total. The Morgan fingerprint density at radius 2 is 2.06 bits per heavy atom. The lowest BCUT2D eigenvalue weighted by atomic mass is 10.2. The zero-order chi connectivity index (χ0) is 11.7. The Balaban J connectivity index is 2.49. The molecule has 0 fully saturated rings. The summed E-state index contributed by atoms with van der Waals surface area (Å²) in [5.41, 5.74) is 1.43. The molecule has 0 radical (unpaired) electrons. The maximum absolute atomic E-state index is 10.7. The zero-order valence-electron chi connectivity index (χ0n) is 8.14. The molecule has 0 saturated heterocycles. The standard InChI is InChI=1S/C10H9NO4S/c12-10(13)9-4-7-3-6(5-16(14)15)1-2-8(7)11-9/h1-4,11,16H,5H2,(H,12,13). The van der Waals surface area contributed by atoms with Gasteiger partial charge in [-0.05, 0) is 23.8 Å². The van der Waals surface area contributed by atoms with E-state index < -0.39 is 16.7 Å². The van der Waals surface area contributed by atoms with Crippen LogP contribution in [0.4, 0.5) is 0 Å². The molecule has 16 heavy (non-hydrogen) atoms. The molecule has 84 valence electrons. The topological polar surface area (TPSA) is 87.2 Å². The van der Waals surface area contributed by atoms with Crippen molar-refractivity contribution in [3.05, 3.63) is 35.5 Å². The minimum atomic E-state index is -2.46. The lowest BCUT2D eigenvalue weighted by molar-refractivity contribution is 0.0691. The number of carbonyl (C=O) groups is 1. The Labute approximate surface area is 92.7 Å². The quantitative estimate of drug-likeness (QED) is 0.697. The first-order valence-electron chi connectivity index (χ1n) is 4.53. The molecule has 0 saturated carbocycles. The first-order chi connectivity index (χ1) is 7.56. The number of fused-ring (bicyclic) bond motifs is 1. The smallest absolute Gasteiger partial charge is 0.352 e. The van der Waals surface area contributed by atoms with Gasteiger partial charge in [-0.3, -0.25) is 0 Å². The van der Waals surface area contributed by atoms with Crippen LogP contribution in [0.1, 0.15) is 16.1 Å². The van der Waals surface area contributed by atoms with Crippen LogP contribution < -0.4 is 0 Å². The fourth-order valence-electron chi connectivity index (χ4n) is 1.54. The van der Waals surface area contributed by atoms with Crippen molar-refractivity contribution in [3.8, 4) is 0 Å². The number of benzene rings is 1. The van der Waals surface area contributed by atoms with E-state index in [0.717, 1.165) is 0 Å². The number of thiol groups is 1. The molecule has 0 bridgehead atoms. The molecule has 0 unspecified atom stereocenters. The van der Waals surface area contributed by atoms with Crippen molar-refractivity contribution in [1.29, 1.82) is 0 Å². The van der Waals surface area contributed by atoms with Gasteiger partial charge in [-0.25, -0.2) is 13.2 Å². The Morgan fingerprint density at radius 3 is 2.69 bits per heavy atom. The minimum absolute atomic E-state index is 0.0289. The van der Waals surface area contributed by atoms with Crippen molar-refractivity contribution in [2.75, 3.05) is 0 Å². The van der Waals surface area contributed by atoms with Gasteiger partial charge in [0.2, 0.25) is 0 Å². The van der Waals surface area contributed by atoms with Gasteiger partial charge in [-0.2, -0.15) is 0 Å². The van der Waals surface area contributed by atoms with Crippen LogP contribution in [0, 0.1) is 0 Å². The van der Waals surface area contributed by atoms with E-state index in [-0.39, 0.29) is 11.4 Å². The maximum Gasteiger partial charge on any atom is 0.352 e. The Hall–Kier alpha value is -1.82. The van der Waals surface area contributed by atoms with E-state index in [0.29, 0.717) is 16.5 Å². The second-order valence-corrected chi connectivity index (χ2v) is 4.38. The number of nitrogens with one attached hydrogen (secondary N) is 1. The number of hydrogen-bond acceptors (Lipinski definition) is 3. The molecular formula is C10H9NO4S. The minimum Gasteiger partial charge on any atom is -0.477 e. The van der Waals surface area contributed by atoms with Crippen molar-refractivity contribution in [3.63, 3.8) is 0 Å². The molecule has 1 heterocycles. The van der Waals surface area contributed by atoms with E-state index in [2.05, 4.69) is 4.98 Å². The molecule has 2 rings (SSSR count). The monoisotopic (exact) mass is 239 g/mol. The Kier molecular flexibility index (Phi) is 2.66. The van der Waals surface area contributed by atoms with E-state index >= 15 is 0 Å². The zero-order valence-corrected chi connectivity index (χ0v) is 9.03. The van der Waals surface area contributed by atoms with Crippen LogP contribution in [-0.2, 0) is 16.5 Å². The highest BCUT2D eigenvalue weighted by atomic mass is 32.2. The summed E-state index contributed by atoms with van der Waals surface area (Å²) in [5.74, 6) is -1.06. The molecule has 1 aromatic carbocycles. The molecule has 0 aliphatic carbocycles. The van der Waals surface area contributed by atoms with Crippen LogP contribution >= 0.6 is 0 Å². The Morgan fingerprint density at radius 1 is 1.31 bits per heavy atom. The van der Waals surface area contributed by atoms with Gasteiger partial charge >= 0.3 is 5.97 Å². The third kappa shape index (κ3) is 2.06. The van der Waals surface area contributed by atoms with E-state index in [1.807, 2.05) is 0 Å². The fourth-order valence-corrected chi connectivity index (χ4v) is 2.04. The van der Waals surface area contributed by atoms with Crippen molar-refractivity contribution in [2.24, 2.45) is 0 Å². The summed E-state index contributed by atoms with van der Waals surface area (Å²) in [6.07, 6.45) is 0. The summed E-state index contributed by atoms with van der Waals surface area (Å²) >= 11 is 0. The number of H-pyrrole nitrogens is 1. The van der Waals surface area contributed by atoms with E-state index in [4.69, 9.17) is 5.11 Å². The second-order valence-electron chi connectivity index (χ2n) is 3.40. The number of aromatic nitrogens is 1. The molecule has 1 aromatic heterocycles. The molecule has 0 aliphatic rings. The molecular weight excluding hydrogens is 230 g/mol. The van der Waals surface area contributed by atoms with Crippen LogP contribution in [0.3, 0.4) is 0 Å². The van der Waals surface area contributed by atoms with E-state index in [1.165, 1.54) is 6.07 Å². The van der Waals surface area contributed by atoms with Crippen LogP contribution in [-0.4, -0.2) is 24.5 Å². The van der Waals surface area contributed by atoms with E-state index in [1.54, 1.807) is 18.2 Å². The van der Waals surface area contributed by atoms with Crippen molar-refractivity contribution in [1.82, 2.24) is 4.98 Å². The Bertz CT molecular complexity index is 619. The van der Waals surface area contributed by atoms with Crippen LogP contribution in [0.15, 0.2) is 24.3 Å². The van der Waals surface area contributed by atoms with Crippen LogP contribution in [0.5, 0.6) is 0 Å². The number of rotatable bonds is 3. The fraction of sp³-hybridized carbons (Fsp3) is 0.100. The highest BCUT2D eigenvalue weighted by molar-refractivity contribution is 7.71. The summed E-state index contributed by atoms with van der Waals surface area (Å²) < 4.78 is 21.1. The summed E-state index contributed by atoms with van der Waals surface area (Å²) in [5, 5.41) is 9.47. The second kappa shape index (κ2) is 3.97. The van der Waals surface area contributed by atoms with E-state index in [9.17, 15) is 13.2 Å². The van der Waals surface area contributed by atoms with Gasteiger partial charge in [0, 0.05) is 10.9 Å². The van der Waals surface area contributed by atoms with Gasteiger partial charge in [-0.15, -0.1) is 0 Å². The van der Waals surface area contributed by atoms with Crippen LogP contribution in [0.2, 0.25) is 0 Å². The van der Waals surface area contributed by atoms with Crippen LogP contribution in [0.25, 0.3) is 10.9 Å². The number of aromatic amines is 1. The summed E-state index contributed by atoms with van der Waals surface area (Å²) in [6.45, 7) is 0. The SMILES string of the molecule is O=C(O)c1cc2cc(C[SH](=O)=O)ccc2[nH]1. The van der Waals surface area contributed by atoms with Gasteiger partial charge < -0.3 is 10.1 Å². The third-order valence-electron chi connectivity index (χ3n) is 2.23. The lowest BCUT2D eigenvalue weighted by Crippen LogP contribution is -1.94. The maximum atomic E-state index is 10.7. The number of carboxylic acids is 1. The lowest BCUT2D eigenvalue weighted by Gasteiger charge is -1.94. The van der Waals surface area contributed by atoms with Crippen molar-refractivity contribution >= 4 is 27.6 Å². The summed E-state index contributed by atoms with van der Waals surface area (Å²) in [7, 11) is -2.46. The molecule has 6 heteroatoms. The molecule has 2 N–H and O–H groups in total. The molecule has 0 aliphatic heterocycles. The summed E-state index contributed by atoms with van der Waals surface area (Å²) in [6, 6.07) is 6.49. The molecule has 2 aromatic rings. The van der Waals surface area contributed by atoms with Gasteiger partial charge in [0.1, 0.15) is 16.4 Å². The van der Waals surface area contributed by atoms with Gasteiger partial charge in [0.15, 0.2) is 0 Å². The average molecular weight is 239 g/mol. The highest BCUT2D eigenvalue weighted by Crippen LogP contribution is 2.17. The third-order valence-corrected chi connectivity index (χ3v) is 2.85. The largest absolute Gasteiger partial charge is 0.477 e. The molecule has 0 amide bonds. The van der Waals surface area contributed by atoms with Gasteiger partial charge in [0.05, 0.1) is 5.75 Å². The van der Waals surface area contributed by atoms with Crippen molar-refractivity contribution in [2.45, 2.75) is 5.75 Å². The molecule has 0 atom stereocenters. The summed E-state index contributed by atoms with van der Waals surface area (Å²) in [4.78, 5) is 13.4. The van der Waals surface area contributed by atoms with Gasteiger partial charge in [0.25, 0.3) is 0 Å². The number of hydrogen-bond donors (Lipinski definition) is 3. The first kappa shape index (κ1) is 10.7. The average Bonchev–Trinajstić information content (AvgIpc) is 2.59. The number of aromatic carboxylic acids is 1.